The van der Waals surface area contributed by atoms with Crippen LogP contribution in [-0.2, 0) is 0 Å². The SMILES string of the molecule is O=C(N/N=C/c1ccc(Cl)cc1)c1ccc(-n2c(-c3ccccc3)nc3c(Br)cc(Br)cc3c2=O)cc1. The average molecular weight is 637 g/mol. The van der Waals surface area contributed by atoms with E-state index in [2.05, 4.69) is 42.4 Å². The second-order valence-electron chi connectivity index (χ2n) is 8.02. The number of benzene rings is 4. The van der Waals surface area contributed by atoms with E-state index in [9.17, 15) is 9.59 Å². The zero-order valence-corrected chi connectivity index (χ0v) is 23.0. The van der Waals surface area contributed by atoms with Crippen LogP contribution < -0.4 is 11.0 Å². The summed E-state index contributed by atoms with van der Waals surface area (Å²) < 4.78 is 3.03. The molecule has 4 aromatic carbocycles. The van der Waals surface area contributed by atoms with Crippen LogP contribution in [0, 0.1) is 0 Å². The van der Waals surface area contributed by atoms with Crippen molar-refractivity contribution in [1.29, 1.82) is 0 Å². The molecule has 9 heteroatoms. The molecule has 0 aliphatic heterocycles. The van der Waals surface area contributed by atoms with Crippen molar-refractivity contribution in [2.75, 3.05) is 0 Å². The number of carbonyl (C=O) groups excluding carboxylic acids is 1. The molecule has 182 valence electrons. The third-order valence-electron chi connectivity index (χ3n) is 5.56. The van der Waals surface area contributed by atoms with Gasteiger partial charge in [0.05, 0.1) is 22.8 Å². The second-order valence-corrected chi connectivity index (χ2v) is 10.2. The number of rotatable bonds is 5. The third kappa shape index (κ3) is 5.41. The minimum atomic E-state index is -0.378. The summed E-state index contributed by atoms with van der Waals surface area (Å²) >= 11 is 12.9. The number of halogens is 3. The Morgan fingerprint density at radius 1 is 0.946 bits per heavy atom. The molecule has 5 rings (SSSR count). The second kappa shape index (κ2) is 10.8. The third-order valence-corrected chi connectivity index (χ3v) is 6.87. The van der Waals surface area contributed by atoms with Crippen LogP contribution in [0.5, 0.6) is 0 Å². The zero-order valence-electron chi connectivity index (χ0n) is 19.0. The van der Waals surface area contributed by atoms with E-state index in [1.165, 1.54) is 6.21 Å². The molecular formula is C28H17Br2ClN4O2. The number of hydrazone groups is 1. The first-order valence-electron chi connectivity index (χ1n) is 11.1. The fourth-order valence-corrected chi connectivity index (χ4v) is 5.22. The lowest BCUT2D eigenvalue weighted by molar-refractivity contribution is 0.0955. The highest BCUT2D eigenvalue weighted by molar-refractivity contribution is 9.11. The van der Waals surface area contributed by atoms with Crippen molar-refractivity contribution in [3.05, 3.63) is 126 Å². The maximum atomic E-state index is 13.7. The first-order chi connectivity index (χ1) is 17.9. The van der Waals surface area contributed by atoms with Crippen LogP contribution in [0.1, 0.15) is 15.9 Å². The van der Waals surface area contributed by atoms with Gasteiger partial charge in [-0.25, -0.2) is 10.4 Å². The minimum absolute atomic E-state index is 0.226. The molecule has 0 spiro atoms. The number of aromatic nitrogens is 2. The van der Waals surface area contributed by atoms with Crippen molar-refractivity contribution in [2.45, 2.75) is 0 Å². The smallest absolute Gasteiger partial charge is 0.268 e. The summed E-state index contributed by atoms with van der Waals surface area (Å²) in [6, 6.07) is 26.9. The number of nitrogens with one attached hydrogen (secondary N) is 1. The molecule has 0 atom stereocenters. The quantitative estimate of drug-likeness (QED) is 0.167. The number of fused-ring (bicyclic) bond motifs is 1. The van der Waals surface area contributed by atoms with E-state index < -0.39 is 0 Å². The molecule has 0 aliphatic carbocycles. The monoisotopic (exact) mass is 634 g/mol. The van der Waals surface area contributed by atoms with Gasteiger partial charge in [-0.2, -0.15) is 5.10 Å². The summed E-state index contributed by atoms with van der Waals surface area (Å²) in [5.41, 5.74) is 5.41. The lowest BCUT2D eigenvalue weighted by Gasteiger charge is -2.15. The summed E-state index contributed by atoms with van der Waals surface area (Å²) in [4.78, 5) is 31.2. The maximum absolute atomic E-state index is 13.7. The first-order valence-corrected chi connectivity index (χ1v) is 13.0. The standard InChI is InChI=1S/C28H17Br2ClN4O2/c29-20-14-23-25(24(30)15-20)33-26(18-4-2-1-3-5-18)35(28(23)37)22-12-8-19(9-13-22)27(36)34-32-16-17-6-10-21(31)11-7-17/h1-16H,(H,34,36)/b32-16+. The van der Waals surface area contributed by atoms with Gasteiger partial charge in [0, 0.05) is 25.1 Å². The molecule has 1 aromatic heterocycles. The predicted octanol–water partition coefficient (Wildman–Crippen LogP) is 7.00. The molecule has 1 N–H and O–H groups in total. The average Bonchev–Trinajstić information content (AvgIpc) is 2.91. The van der Waals surface area contributed by atoms with Crippen LogP contribution >= 0.6 is 43.5 Å². The molecule has 1 heterocycles. The number of nitrogens with zero attached hydrogens (tertiary/aromatic N) is 3. The van der Waals surface area contributed by atoms with Gasteiger partial charge in [0.1, 0.15) is 5.82 Å². The molecule has 1 amide bonds. The van der Waals surface area contributed by atoms with E-state index >= 15 is 0 Å². The summed E-state index contributed by atoms with van der Waals surface area (Å²) in [6.45, 7) is 0. The topological polar surface area (TPSA) is 76.3 Å². The molecule has 0 saturated carbocycles. The molecular weight excluding hydrogens is 620 g/mol. The van der Waals surface area contributed by atoms with Gasteiger partial charge < -0.3 is 0 Å². The van der Waals surface area contributed by atoms with Gasteiger partial charge in [-0.3, -0.25) is 14.2 Å². The summed E-state index contributed by atoms with van der Waals surface area (Å²) in [5.74, 6) is 0.114. The molecule has 0 saturated heterocycles. The molecule has 37 heavy (non-hydrogen) atoms. The van der Waals surface area contributed by atoms with E-state index in [1.807, 2.05) is 36.4 Å². The van der Waals surface area contributed by atoms with E-state index in [-0.39, 0.29) is 11.5 Å². The predicted molar refractivity (Wildman–Crippen MR) is 155 cm³/mol. The van der Waals surface area contributed by atoms with Gasteiger partial charge in [-0.05, 0) is 70.0 Å². The normalized spacial score (nSPS) is 11.2. The molecule has 0 fully saturated rings. The maximum Gasteiger partial charge on any atom is 0.271 e. The van der Waals surface area contributed by atoms with Crippen molar-refractivity contribution in [1.82, 2.24) is 15.0 Å². The summed E-state index contributed by atoms with van der Waals surface area (Å²) in [7, 11) is 0. The Balaban J connectivity index is 1.51. The first kappa shape index (κ1) is 25.1. The van der Waals surface area contributed by atoms with Crippen molar-refractivity contribution in [2.24, 2.45) is 5.10 Å². The van der Waals surface area contributed by atoms with Crippen LogP contribution in [0.25, 0.3) is 28.0 Å². The Bertz CT molecular complexity index is 1700. The van der Waals surface area contributed by atoms with E-state index in [4.69, 9.17) is 16.6 Å². The highest BCUT2D eigenvalue weighted by Crippen LogP contribution is 2.29. The van der Waals surface area contributed by atoms with Gasteiger partial charge in [0.15, 0.2) is 0 Å². The van der Waals surface area contributed by atoms with Crippen LogP contribution in [0.4, 0.5) is 0 Å². The Hall–Kier alpha value is -3.59. The molecule has 5 aromatic rings. The fraction of sp³-hybridized carbons (Fsp3) is 0. The van der Waals surface area contributed by atoms with Crippen LogP contribution in [-0.4, -0.2) is 21.7 Å². The van der Waals surface area contributed by atoms with Crippen molar-refractivity contribution < 1.29 is 4.79 Å². The minimum Gasteiger partial charge on any atom is -0.268 e. The summed E-state index contributed by atoms with van der Waals surface area (Å²) in [6.07, 6.45) is 1.53. The lowest BCUT2D eigenvalue weighted by Crippen LogP contribution is -2.22. The van der Waals surface area contributed by atoms with Crippen LogP contribution in [0.2, 0.25) is 5.02 Å². The van der Waals surface area contributed by atoms with Gasteiger partial charge >= 0.3 is 0 Å². The van der Waals surface area contributed by atoms with Gasteiger partial charge in [-0.1, -0.05) is 70.0 Å². The molecule has 0 aliphatic rings. The van der Waals surface area contributed by atoms with Gasteiger partial charge in [-0.15, -0.1) is 0 Å². The Morgan fingerprint density at radius 2 is 1.65 bits per heavy atom. The van der Waals surface area contributed by atoms with Crippen molar-refractivity contribution in [3.63, 3.8) is 0 Å². The molecule has 0 radical (unpaired) electrons. The van der Waals surface area contributed by atoms with E-state index in [1.54, 1.807) is 59.2 Å². The van der Waals surface area contributed by atoms with Gasteiger partial charge in [0.2, 0.25) is 0 Å². The lowest BCUT2D eigenvalue weighted by atomic mass is 10.1. The van der Waals surface area contributed by atoms with E-state index in [0.29, 0.717) is 37.5 Å². The van der Waals surface area contributed by atoms with Gasteiger partial charge in [0.25, 0.3) is 11.5 Å². The molecule has 6 nitrogen and oxygen atoms in total. The van der Waals surface area contributed by atoms with Crippen molar-refractivity contribution >= 4 is 66.5 Å². The number of carbonyl (C=O) groups is 1. The Labute approximate surface area is 233 Å². The number of amides is 1. The number of hydrogen-bond donors (Lipinski definition) is 1. The highest BCUT2D eigenvalue weighted by Gasteiger charge is 2.17. The largest absolute Gasteiger partial charge is 0.271 e. The van der Waals surface area contributed by atoms with Crippen molar-refractivity contribution in [3.8, 4) is 17.1 Å². The van der Waals surface area contributed by atoms with Crippen LogP contribution in [0.15, 0.2) is 110 Å². The summed E-state index contributed by atoms with van der Waals surface area (Å²) in [5, 5.41) is 5.09. The Morgan fingerprint density at radius 3 is 2.35 bits per heavy atom. The zero-order chi connectivity index (χ0) is 25.9. The number of hydrogen-bond acceptors (Lipinski definition) is 4. The van der Waals surface area contributed by atoms with Crippen LogP contribution in [0.3, 0.4) is 0 Å². The fourth-order valence-electron chi connectivity index (χ4n) is 3.78. The molecule has 0 unspecified atom stereocenters. The highest BCUT2D eigenvalue weighted by atomic mass is 79.9. The Kier molecular flexibility index (Phi) is 7.32. The molecule has 0 bridgehead atoms. The van der Waals surface area contributed by atoms with E-state index in [0.717, 1.165) is 15.6 Å².